The van der Waals surface area contributed by atoms with Gasteiger partial charge in [0.05, 0.1) is 0 Å². The van der Waals surface area contributed by atoms with Gasteiger partial charge in [-0.2, -0.15) is 0 Å². The Morgan fingerprint density at radius 1 is 1.23 bits per heavy atom. The van der Waals surface area contributed by atoms with Gasteiger partial charge in [-0.05, 0) is 24.3 Å². The third-order valence-electron chi connectivity index (χ3n) is 4.22. The van der Waals surface area contributed by atoms with Crippen molar-refractivity contribution < 1.29 is 23.9 Å². The van der Waals surface area contributed by atoms with Gasteiger partial charge >= 0.3 is 6.09 Å². The van der Waals surface area contributed by atoms with Gasteiger partial charge in [-0.15, -0.1) is 0 Å². The van der Waals surface area contributed by atoms with E-state index >= 15 is 0 Å². The number of nitrogens with two attached hydrogens (primary N) is 1. The van der Waals surface area contributed by atoms with Crippen molar-refractivity contribution in [3.05, 3.63) is 35.9 Å². The maximum atomic E-state index is 12.0. The van der Waals surface area contributed by atoms with E-state index in [2.05, 4.69) is 10.6 Å². The van der Waals surface area contributed by atoms with Crippen LogP contribution >= 0.6 is 0 Å². The van der Waals surface area contributed by atoms with Crippen LogP contribution in [0.4, 0.5) is 4.79 Å². The Kier molecular flexibility index (Phi) is 7.13. The number of amides is 3. The largest absolute Gasteiger partial charge is 0.445 e. The molecule has 0 heterocycles. The Morgan fingerprint density at radius 2 is 1.96 bits per heavy atom. The molecule has 0 radical (unpaired) electrons. The summed E-state index contributed by atoms with van der Waals surface area (Å²) in [4.78, 5) is 46.8. The number of nitrogens with one attached hydrogen (secondary N) is 2. The van der Waals surface area contributed by atoms with Gasteiger partial charge in [0.15, 0.2) is 0 Å². The van der Waals surface area contributed by atoms with E-state index in [9.17, 15) is 19.2 Å². The van der Waals surface area contributed by atoms with Crippen LogP contribution in [0.3, 0.4) is 0 Å². The lowest BCUT2D eigenvalue weighted by Crippen LogP contribution is -2.52. The van der Waals surface area contributed by atoms with E-state index in [0.29, 0.717) is 19.3 Å². The topological polar surface area (TPSA) is 128 Å². The van der Waals surface area contributed by atoms with Crippen molar-refractivity contribution in [2.24, 2.45) is 11.7 Å². The predicted molar refractivity (Wildman–Crippen MR) is 92.7 cm³/mol. The third-order valence-corrected chi connectivity index (χ3v) is 4.22. The Hall–Kier alpha value is -2.90. The molecule has 1 fully saturated rings. The fourth-order valence-electron chi connectivity index (χ4n) is 2.91. The van der Waals surface area contributed by atoms with E-state index in [1.807, 2.05) is 30.3 Å². The summed E-state index contributed by atoms with van der Waals surface area (Å²) < 4.78 is 4.99. The van der Waals surface area contributed by atoms with Gasteiger partial charge in [-0.1, -0.05) is 30.3 Å². The van der Waals surface area contributed by atoms with Gasteiger partial charge < -0.3 is 21.1 Å². The quantitative estimate of drug-likeness (QED) is 0.657. The molecule has 0 bridgehead atoms. The minimum absolute atomic E-state index is 0.0596. The highest BCUT2D eigenvalue weighted by Crippen LogP contribution is 2.24. The van der Waals surface area contributed by atoms with Gasteiger partial charge in [0.1, 0.15) is 25.0 Å². The monoisotopic (exact) mass is 361 g/mol. The maximum absolute atomic E-state index is 12.0. The predicted octanol–water partition coefficient (Wildman–Crippen LogP) is 0.642. The van der Waals surface area contributed by atoms with Crippen LogP contribution in [0.15, 0.2) is 30.3 Å². The molecule has 3 amide bonds. The van der Waals surface area contributed by atoms with Crippen molar-refractivity contribution in [1.29, 1.82) is 0 Å². The zero-order valence-corrected chi connectivity index (χ0v) is 14.4. The van der Waals surface area contributed by atoms with Crippen molar-refractivity contribution in [3.63, 3.8) is 0 Å². The summed E-state index contributed by atoms with van der Waals surface area (Å²) in [7, 11) is 0. The summed E-state index contributed by atoms with van der Waals surface area (Å²) in [6, 6.07) is 8.19. The minimum atomic E-state index is -0.922. The molecule has 1 aromatic carbocycles. The maximum Gasteiger partial charge on any atom is 0.407 e. The average molecular weight is 361 g/mol. The molecule has 0 aliphatic heterocycles. The van der Waals surface area contributed by atoms with Crippen LogP contribution in [0.1, 0.15) is 31.2 Å². The molecule has 4 N–H and O–H groups in total. The van der Waals surface area contributed by atoms with Crippen LogP contribution < -0.4 is 16.4 Å². The van der Waals surface area contributed by atoms with Gasteiger partial charge in [0.25, 0.3) is 0 Å². The van der Waals surface area contributed by atoms with Crippen LogP contribution in [-0.4, -0.2) is 36.3 Å². The zero-order chi connectivity index (χ0) is 18.9. The normalized spacial score (nSPS) is 17.8. The van der Waals surface area contributed by atoms with E-state index in [-0.39, 0.29) is 31.3 Å². The van der Waals surface area contributed by atoms with Crippen molar-refractivity contribution in [3.8, 4) is 0 Å². The molecule has 1 aliphatic carbocycles. The fourth-order valence-corrected chi connectivity index (χ4v) is 2.91. The molecule has 0 aromatic heterocycles. The Morgan fingerprint density at radius 3 is 2.62 bits per heavy atom. The number of hydrogen-bond donors (Lipinski definition) is 3. The molecule has 8 nitrogen and oxygen atoms in total. The van der Waals surface area contributed by atoms with E-state index in [0.717, 1.165) is 5.56 Å². The number of hydrogen-bond acceptors (Lipinski definition) is 5. The Balaban J connectivity index is 1.76. The lowest BCUT2D eigenvalue weighted by molar-refractivity contribution is -0.130. The second-order valence-corrected chi connectivity index (χ2v) is 6.26. The second kappa shape index (κ2) is 9.55. The fraction of sp³-hybridized carbons (Fsp3) is 0.444. The number of alkyl carbamates (subject to hydrolysis) is 1. The van der Waals surface area contributed by atoms with Crippen LogP contribution in [0, 0.1) is 5.92 Å². The van der Waals surface area contributed by atoms with E-state index in [1.165, 1.54) is 0 Å². The summed E-state index contributed by atoms with van der Waals surface area (Å²) in [6.07, 6.45) is 1.29. The summed E-state index contributed by atoms with van der Waals surface area (Å²) in [6.45, 7) is -0.263. The smallest absolute Gasteiger partial charge is 0.407 e. The highest BCUT2D eigenvalue weighted by molar-refractivity contribution is 5.89. The number of ether oxygens (including phenoxy) is 1. The molecule has 0 saturated heterocycles. The third kappa shape index (κ3) is 6.19. The first-order valence-corrected chi connectivity index (χ1v) is 8.50. The molecule has 2 atom stereocenters. The Bertz CT molecular complexity index is 662. The summed E-state index contributed by atoms with van der Waals surface area (Å²) in [5.41, 5.74) is 6.17. The zero-order valence-electron chi connectivity index (χ0n) is 14.4. The van der Waals surface area contributed by atoms with Gasteiger partial charge in [0.2, 0.25) is 11.8 Å². The molecule has 8 heteroatoms. The van der Waals surface area contributed by atoms with Crippen LogP contribution in [0.25, 0.3) is 0 Å². The van der Waals surface area contributed by atoms with Crippen molar-refractivity contribution in [2.75, 3.05) is 6.54 Å². The Labute approximate surface area is 151 Å². The number of carbonyl (C=O) groups is 4. The number of benzene rings is 1. The van der Waals surface area contributed by atoms with Crippen molar-refractivity contribution in [1.82, 2.24) is 10.6 Å². The number of carbonyl (C=O) groups excluding carboxylic acids is 4. The molecule has 1 aliphatic rings. The molecule has 1 saturated carbocycles. The lowest BCUT2D eigenvalue weighted by Gasteiger charge is -2.28. The van der Waals surface area contributed by atoms with Crippen molar-refractivity contribution >= 4 is 23.7 Å². The molecular weight excluding hydrogens is 338 g/mol. The van der Waals surface area contributed by atoms with Crippen LogP contribution in [0.5, 0.6) is 0 Å². The summed E-state index contributed by atoms with van der Waals surface area (Å²) in [5.74, 6) is -1.50. The van der Waals surface area contributed by atoms with Crippen molar-refractivity contribution in [2.45, 2.75) is 38.3 Å². The minimum Gasteiger partial charge on any atom is -0.445 e. The first kappa shape index (κ1) is 19.4. The van der Waals surface area contributed by atoms with E-state index in [4.69, 9.17) is 10.5 Å². The highest BCUT2D eigenvalue weighted by Gasteiger charge is 2.32. The van der Waals surface area contributed by atoms with E-state index in [1.54, 1.807) is 0 Å². The molecule has 2 rings (SSSR count). The molecule has 140 valence electrons. The molecule has 26 heavy (non-hydrogen) atoms. The van der Waals surface area contributed by atoms with E-state index < -0.39 is 23.9 Å². The SMILES string of the molecule is NC(=O)[C@H](NC(=O)CNC(=O)OCc1ccccc1)[C@@H]1CCCC(=O)C1. The van der Waals surface area contributed by atoms with Crippen LogP contribution in [0.2, 0.25) is 0 Å². The molecule has 0 unspecified atom stereocenters. The summed E-state index contributed by atoms with van der Waals surface area (Å²) in [5, 5.41) is 4.82. The van der Waals surface area contributed by atoms with Gasteiger partial charge in [-0.3, -0.25) is 14.4 Å². The lowest BCUT2D eigenvalue weighted by atomic mass is 9.83. The number of Topliss-reactive ketones (excluding diaryl/α,β-unsaturated/α-hetero) is 1. The first-order valence-electron chi connectivity index (χ1n) is 8.50. The van der Waals surface area contributed by atoms with Gasteiger partial charge in [-0.25, -0.2) is 4.79 Å². The number of ketones is 1. The van der Waals surface area contributed by atoms with Gasteiger partial charge in [0, 0.05) is 12.8 Å². The molecule has 1 aromatic rings. The number of primary amides is 1. The standard InChI is InChI=1S/C18H23N3O5/c19-17(24)16(13-7-4-8-14(22)9-13)21-15(23)10-20-18(25)26-11-12-5-2-1-3-6-12/h1-3,5-6,13,16H,4,7-11H2,(H2,19,24)(H,20,25)(H,21,23)/t13-,16-/m1/s1. The second-order valence-electron chi connectivity index (χ2n) is 6.26. The first-order chi connectivity index (χ1) is 12.5. The summed E-state index contributed by atoms with van der Waals surface area (Å²) >= 11 is 0. The molecular formula is C18H23N3O5. The number of rotatable bonds is 7. The highest BCUT2D eigenvalue weighted by atomic mass is 16.5. The molecule has 0 spiro atoms. The van der Waals surface area contributed by atoms with Crippen LogP contribution in [-0.2, 0) is 25.7 Å². The average Bonchev–Trinajstić information content (AvgIpc) is 2.63.